The van der Waals surface area contributed by atoms with Gasteiger partial charge in [0.2, 0.25) is 5.88 Å². The molecule has 4 nitrogen and oxygen atoms in total. The Bertz CT molecular complexity index is 902. The Morgan fingerprint density at radius 3 is 2.73 bits per heavy atom. The molecule has 0 aliphatic rings. The average molecular weight is 316 g/mol. The lowest BCUT2D eigenvalue weighted by Gasteiger charge is -2.17. The largest absolute Gasteiger partial charge is 0.506 e. The van der Waals surface area contributed by atoms with Crippen molar-refractivity contribution in [3.8, 4) is 17.3 Å². The number of fused-ring (bicyclic) bond motifs is 1. The van der Waals surface area contributed by atoms with Gasteiger partial charge < -0.3 is 9.84 Å². The Kier molecular flexibility index (Phi) is 3.77. The Hall–Kier alpha value is -2.46. The van der Waals surface area contributed by atoms with Gasteiger partial charge in [-0.3, -0.25) is 9.36 Å². The molecule has 0 bridgehead atoms. The van der Waals surface area contributed by atoms with Gasteiger partial charge in [-0.1, -0.05) is 23.7 Å². The van der Waals surface area contributed by atoms with Gasteiger partial charge in [-0.05, 0) is 37.3 Å². The first-order valence-corrected chi connectivity index (χ1v) is 7.26. The zero-order valence-corrected chi connectivity index (χ0v) is 12.7. The van der Waals surface area contributed by atoms with Crippen LogP contribution in [-0.2, 0) is 0 Å². The van der Waals surface area contributed by atoms with Crippen molar-refractivity contribution in [1.29, 1.82) is 0 Å². The van der Waals surface area contributed by atoms with Gasteiger partial charge >= 0.3 is 0 Å². The van der Waals surface area contributed by atoms with Gasteiger partial charge in [0.05, 0.1) is 17.8 Å². The number of phenolic OH excluding ortho intramolecular Hbond substituents is 1. The monoisotopic (exact) mass is 315 g/mol. The van der Waals surface area contributed by atoms with Gasteiger partial charge in [-0.2, -0.15) is 0 Å². The third kappa shape index (κ3) is 2.42. The summed E-state index contributed by atoms with van der Waals surface area (Å²) in [6.45, 7) is 2.24. The highest BCUT2D eigenvalue weighted by molar-refractivity contribution is 6.30. The third-order valence-corrected chi connectivity index (χ3v) is 3.59. The molecule has 22 heavy (non-hydrogen) atoms. The summed E-state index contributed by atoms with van der Waals surface area (Å²) in [6, 6.07) is 13.3. The number of nitrogens with zero attached hydrogens (tertiary/aromatic N) is 1. The van der Waals surface area contributed by atoms with Crippen molar-refractivity contribution in [2.24, 2.45) is 0 Å². The van der Waals surface area contributed by atoms with E-state index in [4.69, 9.17) is 16.3 Å². The average Bonchev–Trinajstić information content (AvgIpc) is 2.51. The second-order valence-corrected chi connectivity index (χ2v) is 5.20. The first-order chi connectivity index (χ1) is 10.6. The van der Waals surface area contributed by atoms with Crippen molar-refractivity contribution < 1.29 is 9.84 Å². The molecule has 1 heterocycles. The van der Waals surface area contributed by atoms with E-state index in [1.165, 1.54) is 12.1 Å². The molecule has 0 aliphatic carbocycles. The smallest absolute Gasteiger partial charge is 0.202 e. The lowest BCUT2D eigenvalue weighted by molar-refractivity contribution is 0.319. The molecule has 0 aliphatic heterocycles. The molecule has 0 radical (unpaired) electrons. The van der Waals surface area contributed by atoms with Crippen LogP contribution < -0.4 is 10.2 Å². The van der Waals surface area contributed by atoms with E-state index >= 15 is 0 Å². The summed E-state index contributed by atoms with van der Waals surface area (Å²) in [4.78, 5) is 12.2. The summed E-state index contributed by atoms with van der Waals surface area (Å²) in [6.07, 6.45) is 0. The van der Waals surface area contributed by atoms with E-state index in [2.05, 4.69) is 0 Å². The number of pyridine rings is 1. The number of rotatable bonds is 3. The van der Waals surface area contributed by atoms with E-state index in [0.29, 0.717) is 34.1 Å². The lowest BCUT2D eigenvalue weighted by Crippen LogP contribution is -2.12. The first kappa shape index (κ1) is 14.5. The fourth-order valence-electron chi connectivity index (χ4n) is 2.43. The Morgan fingerprint density at radius 1 is 1.18 bits per heavy atom. The van der Waals surface area contributed by atoms with Gasteiger partial charge in [0.15, 0.2) is 5.43 Å². The molecule has 0 spiro atoms. The lowest BCUT2D eigenvalue weighted by atomic mass is 10.2. The maximum absolute atomic E-state index is 12.2. The molecular formula is C17H14ClNO3. The van der Waals surface area contributed by atoms with Crippen molar-refractivity contribution in [2.75, 3.05) is 6.61 Å². The predicted octanol–water partition coefficient (Wildman–Crippen LogP) is 3.75. The number of benzene rings is 2. The zero-order chi connectivity index (χ0) is 15.7. The van der Waals surface area contributed by atoms with Crippen LogP contribution in [0.15, 0.2) is 53.3 Å². The van der Waals surface area contributed by atoms with E-state index in [0.717, 1.165) is 0 Å². The summed E-state index contributed by atoms with van der Waals surface area (Å²) in [7, 11) is 0. The molecule has 2 aromatic carbocycles. The summed E-state index contributed by atoms with van der Waals surface area (Å²) in [5.41, 5.74) is 0.986. The van der Waals surface area contributed by atoms with Crippen LogP contribution in [0.1, 0.15) is 6.92 Å². The Morgan fingerprint density at radius 2 is 1.95 bits per heavy atom. The molecule has 0 amide bonds. The maximum atomic E-state index is 12.2. The highest BCUT2D eigenvalue weighted by Crippen LogP contribution is 2.31. The minimum atomic E-state index is -0.128. The molecule has 5 heteroatoms. The summed E-state index contributed by atoms with van der Waals surface area (Å²) in [5, 5.41) is 11.2. The summed E-state index contributed by atoms with van der Waals surface area (Å²) in [5.74, 6) is 0.419. The number of halogens is 1. The minimum absolute atomic E-state index is 0.0548. The van der Waals surface area contributed by atoms with E-state index in [1.54, 1.807) is 34.9 Å². The molecule has 0 saturated heterocycles. The number of para-hydroxylation sites is 1. The number of ether oxygens (including phenoxy) is 1. The van der Waals surface area contributed by atoms with Gasteiger partial charge in [-0.25, -0.2) is 0 Å². The molecule has 1 aromatic heterocycles. The number of aromatic hydroxyl groups is 1. The van der Waals surface area contributed by atoms with Crippen molar-refractivity contribution in [1.82, 2.24) is 4.57 Å². The van der Waals surface area contributed by atoms with Crippen LogP contribution in [0.25, 0.3) is 16.6 Å². The van der Waals surface area contributed by atoms with Crippen LogP contribution >= 0.6 is 11.6 Å². The van der Waals surface area contributed by atoms with Crippen LogP contribution in [0.4, 0.5) is 0 Å². The van der Waals surface area contributed by atoms with E-state index in [1.807, 2.05) is 13.0 Å². The van der Waals surface area contributed by atoms with Crippen LogP contribution in [0.3, 0.4) is 0 Å². The predicted molar refractivity (Wildman–Crippen MR) is 87.4 cm³/mol. The third-order valence-electron chi connectivity index (χ3n) is 3.36. The molecule has 0 atom stereocenters. The topological polar surface area (TPSA) is 51.5 Å². The molecular weight excluding hydrogens is 302 g/mol. The number of hydrogen-bond donors (Lipinski definition) is 1. The Balaban J connectivity index is 2.45. The van der Waals surface area contributed by atoms with Crippen LogP contribution in [0.5, 0.6) is 11.6 Å². The van der Waals surface area contributed by atoms with Crippen molar-refractivity contribution >= 4 is 22.5 Å². The zero-order valence-electron chi connectivity index (χ0n) is 11.9. The molecule has 0 saturated carbocycles. The van der Waals surface area contributed by atoms with Gasteiger partial charge in [0, 0.05) is 16.5 Å². The second-order valence-electron chi connectivity index (χ2n) is 4.77. The van der Waals surface area contributed by atoms with Gasteiger partial charge in [-0.15, -0.1) is 0 Å². The minimum Gasteiger partial charge on any atom is -0.506 e. The molecule has 112 valence electrons. The SMILES string of the molecule is CCOc1cc(=O)c2ccccc2n1-c1cc(Cl)ccc1O. The summed E-state index contributed by atoms with van der Waals surface area (Å²) >= 11 is 6.05. The maximum Gasteiger partial charge on any atom is 0.202 e. The second kappa shape index (κ2) is 5.73. The fraction of sp³-hybridized carbons (Fsp3) is 0.118. The normalized spacial score (nSPS) is 10.8. The standard InChI is InChI=1S/C17H14ClNO3/c1-2-22-17-10-16(21)12-5-3-4-6-13(12)19(17)14-9-11(18)7-8-15(14)20/h3-10,20H,2H2,1H3. The summed E-state index contributed by atoms with van der Waals surface area (Å²) < 4.78 is 7.28. The van der Waals surface area contributed by atoms with Crippen LogP contribution in [0.2, 0.25) is 5.02 Å². The molecule has 0 fully saturated rings. The molecule has 1 N–H and O–H groups in total. The number of aromatic nitrogens is 1. The van der Waals surface area contributed by atoms with Crippen molar-refractivity contribution in [2.45, 2.75) is 6.92 Å². The highest BCUT2D eigenvalue weighted by Gasteiger charge is 2.14. The van der Waals surface area contributed by atoms with Crippen molar-refractivity contribution in [3.05, 3.63) is 63.8 Å². The van der Waals surface area contributed by atoms with E-state index in [-0.39, 0.29) is 11.2 Å². The van der Waals surface area contributed by atoms with Crippen LogP contribution in [-0.4, -0.2) is 16.3 Å². The first-order valence-electron chi connectivity index (χ1n) is 6.88. The molecule has 0 unspecified atom stereocenters. The highest BCUT2D eigenvalue weighted by atomic mass is 35.5. The van der Waals surface area contributed by atoms with E-state index in [9.17, 15) is 9.90 Å². The van der Waals surface area contributed by atoms with Gasteiger partial charge in [0.25, 0.3) is 0 Å². The molecule has 3 aromatic rings. The fourth-order valence-corrected chi connectivity index (χ4v) is 2.59. The Labute approximate surface area is 132 Å². The van der Waals surface area contributed by atoms with Crippen LogP contribution in [0, 0.1) is 0 Å². The molecule has 3 rings (SSSR count). The number of hydrogen-bond acceptors (Lipinski definition) is 3. The van der Waals surface area contributed by atoms with Crippen molar-refractivity contribution in [3.63, 3.8) is 0 Å². The number of phenols is 1. The quantitative estimate of drug-likeness (QED) is 0.801. The van der Waals surface area contributed by atoms with E-state index < -0.39 is 0 Å². The van der Waals surface area contributed by atoms with Gasteiger partial charge in [0.1, 0.15) is 5.75 Å².